The van der Waals surface area contributed by atoms with Gasteiger partial charge in [-0.1, -0.05) is 11.6 Å². The van der Waals surface area contributed by atoms with Gasteiger partial charge in [-0.3, -0.25) is 0 Å². The Bertz CT molecular complexity index is 512. The van der Waals surface area contributed by atoms with Crippen molar-refractivity contribution in [2.75, 3.05) is 13.7 Å². The van der Waals surface area contributed by atoms with E-state index in [1.807, 2.05) is 0 Å². The Kier molecular flexibility index (Phi) is 6.45. The van der Waals surface area contributed by atoms with Gasteiger partial charge in [-0.25, -0.2) is 4.79 Å². The standard InChI is InChI=1S/C13H12BrClO4/c1-18-11-8-9(3-4-12(16)17)7-10(14)13(11)19-6-2-5-15/h2-5,7-8H,6H2,1H3,(H,16,17)/b4-3+,5-2+. The molecular weight excluding hydrogens is 335 g/mol. The van der Waals surface area contributed by atoms with Crippen molar-refractivity contribution in [3.63, 3.8) is 0 Å². The molecule has 0 aliphatic rings. The fraction of sp³-hybridized carbons (Fsp3) is 0.154. The van der Waals surface area contributed by atoms with Crippen LogP contribution in [-0.4, -0.2) is 24.8 Å². The highest BCUT2D eigenvalue weighted by Gasteiger charge is 2.10. The molecule has 0 aromatic heterocycles. The van der Waals surface area contributed by atoms with Gasteiger partial charge in [0.25, 0.3) is 0 Å². The van der Waals surface area contributed by atoms with Crippen LogP contribution in [0.1, 0.15) is 5.56 Å². The molecule has 4 nitrogen and oxygen atoms in total. The number of ether oxygens (including phenoxy) is 2. The van der Waals surface area contributed by atoms with Crippen molar-refractivity contribution in [2.24, 2.45) is 0 Å². The van der Waals surface area contributed by atoms with Gasteiger partial charge in [0, 0.05) is 11.6 Å². The molecule has 0 saturated heterocycles. The van der Waals surface area contributed by atoms with Gasteiger partial charge in [-0.2, -0.15) is 0 Å². The smallest absolute Gasteiger partial charge is 0.328 e. The van der Waals surface area contributed by atoms with Crippen molar-refractivity contribution in [3.8, 4) is 11.5 Å². The zero-order valence-corrected chi connectivity index (χ0v) is 12.4. The van der Waals surface area contributed by atoms with Crippen molar-refractivity contribution in [1.29, 1.82) is 0 Å². The summed E-state index contributed by atoms with van der Waals surface area (Å²) in [5, 5.41) is 8.59. The first kappa shape index (κ1) is 15.6. The second-order valence-corrected chi connectivity index (χ2v) is 4.48. The highest BCUT2D eigenvalue weighted by molar-refractivity contribution is 9.10. The average Bonchev–Trinajstić information content (AvgIpc) is 2.38. The molecule has 1 aromatic carbocycles. The monoisotopic (exact) mass is 346 g/mol. The van der Waals surface area contributed by atoms with Gasteiger partial charge in [-0.05, 0) is 45.8 Å². The highest BCUT2D eigenvalue weighted by Crippen LogP contribution is 2.37. The van der Waals surface area contributed by atoms with Crippen LogP contribution in [0.2, 0.25) is 0 Å². The summed E-state index contributed by atoms with van der Waals surface area (Å²) < 4.78 is 11.4. The van der Waals surface area contributed by atoms with Gasteiger partial charge in [0.2, 0.25) is 0 Å². The van der Waals surface area contributed by atoms with Crippen molar-refractivity contribution in [3.05, 3.63) is 39.9 Å². The number of rotatable bonds is 6. The van der Waals surface area contributed by atoms with Crippen molar-refractivity contribution >= 4 is 39.6 Å². The lowest BCUT2D eigenvalue weighted by atomic mass is 10.2. The normalized spacial score (nSPS) is 11.1. The molecule has 0 fully saturated rings. The van der Waals surface area contributed by atoms with Crippen LogP contribution in [0.25, 0.3) is 6.08 Å². The minimum absolute atomic E-state index is 0.308. The van der Waals surface area contributed by atoms with Gasteiger partial charge in [0.15, 0.2) is 11.5 Å². The topological polar surface area (TPSA) is 55.8 Å². The van der Waals surface area contributed by atoms with E-state index >= 15 is 0 Å². The first-order chi connectivity index (χ1) is 9.08. The molecule has 19 heavy (non-hydrogen) atoms. The van der Waals surface area contributed by atoms with Crippen LogP contribution < -0.4 is 9.47 Å². The Morgan fingerprint density at radius 3 is 2.84 bits per heavy atom. The Hall–Kier alpha value is -1.46. The second kappa shape index (κ2) is 7.86. The number of carboxylic acids is 1. The molecule has 0 heterocycles. The molecule has 0 radical (unpaired) electrons. The summed E-state index contributed by atoms with van der Waals surface area (Å²) >= 11 is 8.76. The number of benzene rings is 1. The molecule has 102 valence electrons. The van der Waals surface area contributed by atoms with Crippen LogP contribution in [-0.2, 0) is 4.79 Å². The number of carboxylic acid groups (broad SMARTS) is 1. The number of methoxy groups -OCH3 is 1. The minimum atomic E-state index is -1.01. The molecule has 0 spiro atoms. The molecule has 6 heteroatoms. The Labute approximate surface area is 124 Å². The van der Waals surface area contributed by atoms with Crippen LogP contribution in [0, 0.1) is 0 Å². The Morgan fingerprint density at radius 2 is 2.26 bits per heavy atom. The van der Waals surface area contributed by atoms with Crippen molar-refractivity contribution in [2.45, 2.75) is 0 Å². The molecule has 1 rings (SSSR count). The average molecular weight is 348 g/mol. The Morgan fingerprint density at radius 1 is 1.53 bits per heavy atom. The molecule has 0 aliphatic heterocycles. The fourth-order valence-electron chi connectivity index (χ4n) is 1.31. The number of hydrogen-bond donors (Lipinski definition) is 1. The van der Waals surface area contributed by atoms with Crippen LogP contribution in [0.4, 0.5) is 0 Å². The first-order valence-corrected chi connectivity index (χ1v) is 6.48. The molecule has 1 aromatic rings. The van der Waals surface area contributed by atoms with E-state index < -0.39 is 5.97 Å². The van der Waals surface area contributed by atoms with E-state index in [4.69, 9.17) is 26.2 Å². The van der Waals surface area contributed by atoms with Gasteiger partial charge < -0.3 is 14.6 Å². The summed E-state index contributed by atoms with van der Waals surface area (Å²) in [6, 6.07) is 3.42. The summed E-state index contributed by atoms with van der Waals surface area (Å²) in [5.41, 5.74) is 2.05. The lowest BCUT2D eigenvalue weighted by Gasteiger charge is -2.12. The van der Waals surface area contributed by atoms with Crippen molar-refractivity contribution < 1.29 is 19.4 Å². The quantitative estimate of drug-likeness (QED) is 0.798. The molecule has 0 amide bonds. The maximum Gasteiger partial charge on any atom is 0.328 e. The SMILES string of the molecule is COc1cc(/C=C/C(=O)O)cc(Br)c1OC/C=C/Cl. The lowest BCUT2D eigenvalue weighted by molar-refractivity contribution is -0.131. The van der Waals surface area contributed by atoms with E-state index in [1.165, 1.54) is 18.7 Å². The predicted octanol–water partition coefficient (Wildman–Crippen LogP) is 3.69. The number of hydrogen-bond acceptors (Lipinski definition) is 3. The second-order valence-electron chi connectivity index (χ2n) is 3.38. The molecule has 0 atom stereocenters. The molecule has 1 N–H and O–H groups in total. The van der Waals surface area contributed by atoms with Crippen LogP contribution in [0.5, 0.6) is 11.5 Å². The summed E-state index contributed by atoms with van der Waals surface area (Å²) in [7, 11) is 1.51. The number of halogens is 2. The fourth-order valence-corrected chi connectivity index (χ4v) is 1.96. The molecule has 0 saturated carbocycles. The van der Waals surface area contributed by atoms with Crippen molar-refractivity contribution in [1.82, 2.24) is 0 Å². The van der Waals surface area contributed by atoms with E-state index in [-0.39, 0.29) is 0 Å². The Balaban J connectivity index is 3.03. The molecule has 0 bridgehead atoms. The van der Waals surface area contributed by atoms with Gasteiger partial charge >= 0.3 is 5.97 Å². The number of aliphatic carboxylic acids is 1. The lowest BCUT2D eigenvalue weighted by Crippen LogP contribution is -1.98. The third kappa shape index (κ3) is 4.96. The van der Waals surface area contributed by atoms with E-state index in [2.05, 4.69) is 15.9 Å². The summed E-state index contributed by atoms with van der Waals surface area (Å²) in [6.45, 7) is 0.308. The van der Waals surface area contributed by atoms with E-state index in [0.29, 0.717) is 28.1 Å². The molecule has 0 unspecified atom stereocenters. The molecule has 0 aliphatic carbocycles. The third-order valence-corrected chi connectivity index (χ3v) is 2.85. The maximum atomic E-state index is 10.5. The van der Waals surface area contributed by atoms with Crippen LogP contribution >= 0.6 is 27.5 Å². The zero-order chi connectivity index (χ0) is 14.3. The third-order valence-electron chi connectivity index (χ3n) is 2.08. The van der Waals surface area contributed by atoms with E-state index in [9.17, 15) is 4.79 Å². The zero-order valence-electron chi connectivity index (χ0n) is 10.1. The van der Waals surface area contributed by atoms with Crippen LogP contribution in [0.15, 0.2) is 34.3 Å². The van der Waals surface area contributed by atoms with E-state index in [0.717, 1.165) is 6.08 Å². The summed E-state index contributed by atoms with van der Waals surface area (Å²) in [5.74, 6) is 0.0230. The van der Waals surface area contributed by atoms with Gasteiger partial charge in [0.05, 0.1) is 11.6 Å². The summed E-state index contributed by atoms with van der Waals surface area (Å²) in [4.78, 5) is 10.5. The molecular formula is C13H12BrClO4. The first-order valence-electron chi connectivity index (χ1n) is 5.25. The summed E-state index contributed by atoms with van der Waals surface area (Å²) in [6.07, 6.45) is 4.17. The van der Waals surface area contributed by atoms with Gasteiger partial charge in [-0.15, -0.1) is 0 Å². The van der Waals surface area contributed by atoms with E-state index in [1.54, 1.807) is 18.2 Å². The number of carbonyl (C=O) groups is 1. The van der Waals surface area contributed by atoms with Gasteiger partial charge in [0.1, 0.15) is 6.61 Å². The van der Waals surface area contributed by atoms with Crippen LogP contribution in [0.3, 0.4) is 0 Å². The highest BCUT2D eigenvalue weighted by atomic mass is 79.9. The largest absolute Gasteiger partial charge is 0.493 e. The predicted molar refractivity (Wildman–Crippen MR) is 77.9 cm³/mol. The minimum Gasteiger partial charge on any atom is -0.493 e. The maximum absolute atomic E-state index is 10.5.